The Balaban J connectivity index is 1.68. The number of hydrogen-bond acceptors (Lipinski definition) is 2. The number of aliphatic hydroxyl groups is 1. The van der Waals surface area contributed by atoms with Crippen LogP contribution in [0, 0.1) is 17.8 Å². The van der Waals surface area contributed by atoms with E-state index in [9.17, 15) is 5.11 Å². The molecule has 1 aromatic carbocycles. The molecule has 1 unspecified atom stereocenters. The minimum atomic E-state index is -0.781. The van der Waals surface area contributed by atoms with Gasteiger partial charge in [0.1, 0.15) is 5.60 Å². The van der Waals surface area contributed by atoms with Gasteiger partial charge >= 0.3 is 0 Å². The second-order valence-corrected chi connectivity index (χ2v) is 7.49. The van der Waals surface area contributed by atoms with E-state index >= 15 is 0 Å². The van der Waals surface area contributed by atoms with Gasteiger partial charge in [-0.2, -0.15) is 0 Å². The fourth-order valence-corrected chi connectivity index (χ4v) is 4.27. The Morgan fingerprint density at radius 2 is 1.58 bits per heavy atom. The molecule has 1 saturated carbocycles. The van der Waals surface area contributed by atoms with Crippen molar-refractivity contribution in [3.8, 4) is 11.8 Å². The summed E-state index contributed by atoms with van der Waals surface area (Å²) < 4.78 is 0. The maximum Gasteiger partial charge on any atom is 0.103 e. The quantitative estimate of drug-likeness (QED) is 0.833. The Morgan fingerprint density at radius 1 is 0.917 bits per heavy atom. The van der Waals surface area contributed by atoms with Crippen molar-refractivity contribution in [3.05, 3.63) is 35.9 Å². The molecule has 1 aromatic rings. The standard InChI is InChI=1S/C22H31NO/c24-22(20-12-4-1-5-13-20,21-14-6-2-7-15-21)16-8-11-19-23-17-9-3-10-18-23/h1,4-5,12-13,21,24H,2-3,6-7,9-10,14-19H2. The summed E-state index contributed by atoms with van der Waals surface area (Å²) in [5.41, 5.74) is 0.264. The van der Waals surface area contributed by atoms with Gasteiger partial charge in [0.15, 0.2) is 0 Å². The molecule has 1 aliphatic carbocycles. The molecule has 1 saturated heterocycles. The van der Waals surface area contributed by atoms with Crippen LogP contribution in [0.2, 0.25) is 0 Å². The molecule has 1 N–H and O–H groups in total. The number of rotatable bonds is 4. The molecule has 2 heteroatoms. The van der Waals surface area contributed by atoms with Gasteiger partial charge in [0, 0.05) is 6.42 Å². The smallest absolute Gasteiger partial charge is 0.103 e. The molecule has 1 aliphatic heterocycles. The van der Waals surface area contributed by atoms with E-state index in [0.717, 1.165) is 24.9 Å². The van der Waals surface area contributed by atoms with Crippen molar-refractivity contribution in [3.63, 3.8) is 0 Å². The van der Waals surface area contributed by atoms with Crippen LogP contribution < -0.4 is 0 Å². The normalized spacial score (nSPS) is 22.4. The molecular weight excluding hydrogens is 294 g/mol. The van der Waals surface area contributed by atoms with Gasteiger partial charge in [0.05, 0.1) is 6.54 Å². The summed E-state index contributed by atoms with van der Waals surface area (Å²) in [7, 11) is 0. The van der Waals surface area contributed by atoms with E-state index in [1.165, 1.54) is 51.6 Å². The van der Waals surface area contributed by atoms with Gasteiger partial charge in [0.2, 0.25) is 0 Å². The zero-order valence-corrected chi connectivity index (χ0v) is 14.8. The Hall–Kier alpha value is -1.30. The summed E-state index contributed by atoms with van der Waals surface area (Å²) in [6.07, 6.45) is 10.6. The number of likely N-dealkylation sites (tertiary alicyclic amines) is 1. The van der Waals surface area contributed by atoms with Crippen molar-refractivity contribution < 1.29 is 5.11 Å². The van der Waals surface area contributed by atoms with Crippen molar-refractivity contribution in [2.75, 3.05) is 19.6 Å². The predicted molar refractivity (Wildman–Crippen MR) is 99.6 cm³/mol. The molecule has 0 amide bonds. The summed E-state index contributed by atoms with van der Waals surface area (Å²) in [6.45, 7) is 3.22. The number of piperidine rings is 1. The van der Waals surface area contributed by atoms with Crippen LogP contribution >= 0.6 is 0 Å². The largest absolute Gasteiger partial charge is 0.384 e. The summed E-state index contributed by atoms with van der Waals surface area (Å²) in [5, 5.41) is 11.5. The molecular formula is C22H31NO. The maximum absolute atomic E-state index is 11.5. The molecule has 0 bridgehead atoms. The zero-order chi connectivity index (χ0) is 16.7. The van der Waals surface area contributed by atoms with Gasteiger partial charge in [-0.15, -0.1) is 0 Å². The van der Waals surface area contributed by atoms with E-state index in [0.29, 0.717) is 12.3 Å². The van der Waals surface area contributed by atoms with Crippen LogP contribution in [0.15, 0.2) is 30.3 Å². The van der Waals surface area contributed by atoms with Gasteiger partial charge < -0.3 is 5.11 Å². The summed E-state index contributed by atoms with van der Waals surface area (Å²) in [4.78, 5) is 2.44. The van der Waals surface area contributed by atoms with Crippen LogP contribution in [-0.4, -0.2) is 29.6 Å². The lowest BCUT2D eigenvalue weighted by Crippen LogP contribution is -2.36. The molecule has 3 rings (SSSR count). The number of nitrogens with zero attached hydrogens (tertiary/aromatic N) is 1. The molecule has 2 fully saturated rings. The van der Waals surface area contributed by atoms with Crippen LogP contribution in [0.25, 0.3) is 0 Å². The monoisotopic (exact) mass is 325 g/mol. The molecule has 1 atom stereocenters. The molecule has 2 nitrogen and oxygen atoms in total. The van der Waals surface area contributed by atoms with Gasteiger partial charge in [0.25, 0.3) is 0 Å². The lowest BCUT2D eigenvalue weighted by molar-refractivity contribution is -0.0344. The van der Waals surface area contributed by atoms with Crippen molar-refractivity contribution in [1.82, 2.24) is 4.90 Å². The van der Waals surface area contributed by atoms with Crippen molar-refractivity contribution in [1.29, 1.82) is 0 Å². The highest BCUT2D eigenvalue weighted by molar-refractivity contribution is 5.26. The van der Waals surface area contributed by atoms with E-state index in [2.05, 4.69) is 28.9 Å². The molecule has 0 radical (unpaired) electrons. The molecule has 0 aromatic heterocycles. The summed E-state index contributed by atoms with van der Waals surface area (Å²) in [6, 6.07) is 10.2. The van der Waals surface area contributed by atoms with Crippen LogP contribution in [0.4, 0.5) is 0 Å². The van der Waals surface area contributed by atoms with Crippen molar-refractivity contribution in [2.24, 2.45) is 5.92 Å². The minimum absolute atomic E-state index is 0.345. The minimum Gasteiger partial charge on any atom is -0.384 e. The maximum atomic E-state index is 11.5. The Labute approximate surface area is 147 Å². The van der Waals surface area contributed by atoms with E-state index in [1.807, 2.05) is 18.2 Å². The third kappa shape index (κ3) is 4.41. The first-order valence-corrected chi connectivity index (χ1v) is 9.75. The number of hydrogen-bond donors (Lipinski definition) is 1. The Bertz CT molecular complexity index is 546. The Kier molecular flexibility index (Phi) is 6.35. The van der Waals surface area contributed by atoms with Crippen LogP contribution in [-0.2, 0) is 5.60 Å². The second kappa shape index (κ2) is 8.70. The van der Waals surface area contributed by atoms with E-state index in [1.54, 1.807) is 0 Å². The van der Waals surface area contributed by atoms with Gasteiger partial charge in [-0.3, -0.25) is 4.90 Å². The van der Waals surface area contributed by atoms with Crippen molar-refractivity contribution >= 4 is 0 Å². The van der Waals surface area contributed by atoms with Crippen LogP contribution in [0.3, 0.4) is 0 Å². The highest BCUT2D eigenvalue weighted by atomic mass is 16.3. The van der Waals surface area contributed by atoms with Gasteiger partial charge in [-0.1, -0.05) is 67.9 Å². The average molecular weight is 325 g/mol. The van der Waals surface area contributed by atoms with Gasteiger partial charge in [-0.05, 0) is 50.3 Å². The molecule has 1 heterocycles. The fourth-order valence-electron chi connectivity index (χ4n) is 4.27. The van der Waals surface area contributed by atoms with Gasteiger partial charge in [-0.25, -0.2) is 0 Å². The lowest BCUT2D eigenvalue weighted by Gasteiger charge is -2.38. The average Bonchev–Trinajstić information content (AvgIpc) is 2.67. The summed E-state index contributed by atoms with van der Waals surface area (Å²) >= 11 is 0. The number of benzene rings is 1. The SMILES string of the molecule is OC(CC#CCN1CCCCC1)(c1ccccc1)C1CCCCC1. The second-order valence-electron chi connectivity index (χ2n) is 7.49. The molecule has 130 valence electrons. The zero-order valence-electron chi connectivity index (χ0n) is 14.8. The third-order valence-electron chi connectivity index (χ3n) is 5.79. The van der Waals surface area contributed by atoms with Crippen molar-refractivity contribution in [2.45, 2.75) is 63.4 Å². The first kappa shape index (κ1) is 17.5. The topological polar surface area (TPSA) is 23.5 Å². The molecule has 2 aliphatic rings. The predicted octanol–water partition coefficient (Wildman–Crippen LogP) is 4.33. The van der Waals surface area contributed by atoms with E-state index < -0.39 is 5.60 Å². The van der Waals surface area contributed by atoms with E-state index in [4.69, 9.17) is 0 Å². The highest BCUT2D eigenvalue weighted by Gasteiger charge is 2.38. The van der Waals surface area contributed by atoms with E-state index in [-0.39, 0.29) is 0 Å². The van der Waals surface area contributed by atoms with Crippen LogP contribution in [0.5, 0.6) is 0 Å². The molecule has 24 heavy (non-hydrogen) atoms. The Morgan fingerprint density at radius 3 is 2.29 bits per heavy atom. The molecule has 0 spiro atoms. The highest BCUT2D eigenvalue weighted by Crippen LogP contribution is 2.41. The lowest BCUT2D eigenvalue weighted by atomic mass is 9.72. The first-order chi connectivity index (χ1) is 11.8. The first-order valence-electron chi connectivity index (χ1n) is 9.75. The third-order valence-corrected chi connectivity index (χ3v) is 5.79. The van der Waals surface area contributed by atoms with Crippen LogP contribution in [0.1, 0.15) is 63.4 Å². The fraction of sp³-hybridized carbons (Fsp3) is 0.636. The summed E-state index contributed by atoms with van der Waals surface area (Å²) in [5.74, 6) is 7.01.